The minimum atomic E-state index is -1.03. The number of fused-ring (bicyclic) bond motifs is 6. The van der Waals surface area contributed by atoms with E-state index in [0.717, 1.165) is 62.8 Å². The molecule has 7 rings (SSSR count). The molecule has 352 valence electrons. The highest BCUT2D eigenvalue weighted by atomic mass is 16.5. The van der Waals surface area contributed by atoms with Crippen LogP contribution in [0.25, 0.3) is 33.3 Å². The van der Waals surface area contributed by atoms with Crippen LogP contribution in [0.15, 0.2) is 70.9 Å². The van der Waals surface area contributed by atoms with E-state index in [1.807, 2.05) is 38.2 Å². The number of hydrogen-bond acceptors (Lipinski definition) is 11. The number of rotatable bonds is 14. The van der Waals surface area contributed by atoms with Crippen molar-refractivity contribution in [2.24, 2.45) is 21.3 Å². The normalized spacial score (nSPS) is 19.6. The Morgan fingerprint density at radius 3 is 2.61 bits per heavy atom. The monoisotopic (exact) mass is 903 g/mol. The molecule has 0 radical (unpaired) electrons. The minimum absolute atomic E-state index is 0.0599. The number of carbonyl (C=O) groups excluding carboxylic acids is 4. The van der Waals surface area contributed by atoms with Gasteiger partial charge >= 0.3 is 5.97 Å². The number of pyridine rings is 1. The van der Waals surface area contributed by atoms with Crippen LogP contribution in [0.2, 0.25) is 0 Å². The first-order valence-electron chi connectivity index (χ1n) is 23.3. The van der Waals surface area contributed by atoms with Crippen molar-refractivity contribution >= 4 is 40.6 Å². The summed E-state index contributed by atoms with van der Waals surface area (Å²) >= 11 is 0. The second-order valence-electron chi connectivity index (χ2n) is 19.2. The molecule has 3 atom stereocenters. The number of cyclic esters (lactones) is 1. The quantitative estimate of drug-likeness (QED) is 0.107. The molecule has 1 aliphatic carbocycles. The molecule has 4 heterocycles. The number of methoxy groups -OCH3 is 2. The number of aliphatic imine (C=N–C) groups is 2. The maximum Gasteiger partial charge on any atom is 0.324 e. The van der Waals surface area contributed by atoms with Crippen molar-refractivity contribution in [2.45, 2.75) is 116 Å². The van der Waals surface area contributed by atoms with Gasteiger partial charge in [0.05, 0.1) is 43.6 Å². The van der Waals surface area contributed by atoms with Crippen molar-refractivity contribution in [2.75, 3.05) is 47.6 Å². The predicted molar refractivity (Wildman–Crippen MR) is 254 cm³/mol. The topological polar surface area (TPSA) is 169 Å². The number of hydrogen-bond donors (Lipinski definition) is 2. The molecule has 15 heteroatoms. The molecule has 1 saturated carbocycles. The lowest BCUT2D eigenvalue weighted by Gasteiger charge is -2.36. The van der Waals surface area contributed by atoms with E-state index in [4.69, 9.17) is 14.2 Å². The second-order valence-corrected chi connectivity index (χ2v) is 19.2. The number of aromatic nitrogens is 2. The van der Waals surface area contributed by atoms with Crippen molar-refractivity contribution in [1.29, 1.82) is 0 Å². The van der Waals surface area contributed by atoms with E-state index in [9.17, 15) is 19.2 Å². The summed E-state index contributed by atoms with van der Waals surface area (Å²) in [5, 5.41) is 5.58. The molecule has 2 fully saturated rings. The fraction of sp³-hybridized carbons (Fsp3) is 0.529. The lowest BCUT2D eigenvalue weighted by Crippen LogP contribution is -2.62. The van der Waals surface area contributed by atoms with Gasteiger partial charge in [-0.15, -0.1) is 0 Å². The Kier molecular flexibility index (Phi) is 15.2. The molecule has 2 aliphatic heterocycles. The first kappa shape index (κ1) is 48.2. The Bertz CT molecular complexity index is 2490. The van der Waals surface area contributed by atoms with E-state index in [1.165, 1.54) is 9.91 Å². The Labute approximate surface area is 388 Å². The van der Waals surface area contributed by atoms with E-state index >= 15 is 0 Å². The second kappa shape index (κ2) is 20.8. The zero-order chi connectivity index (χ0) is 47.2. The van der Waals surface area contributed by atoms with Gasteiger partial charge in [-0.3, -0.25) is 29.2 Å². The van der Waals surface area contributed by atoms with E-state index in [-0.39, 0.29) is 49.3 Å². The van der Waals surface area contributed by atoms with Gasteiger partial charge < -0.3 is 29.0 Å². The van der Waals surface area contributed by atoms with Crippen molar-refractivity contribution in [3.8, 4) is 22.4 Å². The molecule has 6 bridgehead atoms. The van der Waals surface area contributed by atoms with Gasteiger partial charge in [-0.25, -0.2) is 15.4 Å². The van der Waals surface area contributed by atoms with Crippen molar-refractivity contribution in [1.82, 2.24) is 30.2 Å². The highest BCUT2D eigenvalue weighted by molar-refractivity contribution is 5.96. The maximum absolute atomic E-state index is 14.7. The zero-order valence-corrected chi connectivity index (χ0v) is 39.8. The molecule has 4 aromatic rings. The number of amides is 3. The summed E-state index contributed by atoms with van der Waals surface area (Å²) in [4.78, 5) is 71.1. The Balaban J connectivity index is 1.23. The van der Waals surface area contributed by atoms with Crippen LogP contribution in [0, 0.1) is 11.3 Å². The van der Waals surface area contributed by atoms with Gasteiger partial charge in [0.1, 0.15) is 18.1 Å². The van der Waals surface area contributed by atoms with E-state index in [2.05, 4.69) is 87.4 Å². The van der Waals surface area contributed by atoms with Crippen LogP contribution in [0.4, 0.5) is 0 Å². The largest absolute Gasteiger partial charge is 0.464 e. The fourth-order valence-corrected chi connectivity index (χ4v) is 9.41. The van der Waals surface area contributed by atoms with Gasteiger partial charge in [0.15, 0.2) is 0 Å². The van der Waals surface area contributed by atoms with E-state index in [0.29, 0.717) is 45.6 Å². The number of nitrogens with one attached hydrogen (secondary N) is 2. The average molecular weight is 903 g/mol. The summed E-state index contributed by atoms with van der Waals surface area (Å²) in [6.07, 6.45) is 7.39. The number of likely N-dealkylation sites (N-methyl/N-ethyl adjacent to an activating group) is 1. The molecule has 3 amide bonds. The van der Waals surface area contributed by atoms with Crippen molar-refractivity contribution < 1.29 is 33.4 Å². The Hall–Kier alpha value is -5.73. The molecule has 2 N–H and O–H groups in total. The summed E-state index contributed by atoms with van der Waals surface area (Å²) in [6, 6.07) is 16.6. The molecular weight excluding hydrogens is 837 g/mol. The lowest BCUT2D eigenvalue weighted by atomic mass is 9.84. The highest BCUT2D eigenvalue weighted by Gasteiger charge is 2.43. The van der Waals surface area contributed by atoms with Gasteiger partial charge in [-0.05, 0) is 91.0 Å². The molecule has 66 heavy (non-hydrogen) atoms. The zero-order valence-electron chi connectivity index (χ0n) is 39.8. The number of hydrazine groups is 1. The Morgan fingerprint density at radius 1 is 1.09 bits per heavy atom. The van der Waals surface area contributed by atoms with Gasteiger partial charge in [-0.2, -0.15) is 0 Å². The third-order valence-corrected chi connectivity index (χ3v) is 13.0. The average Bonchev–Trinajstić information content (AvgIpc) is 4.00. The molecule has 1 unspecified atom stereocenters. The van der Waals surface area contributed by atoms with E-state index in [1.54, 1.807) is 27.5 Å². The summed E-state index contributed by atoms with van der Waals surface area (Å²) < 4.78 is 19.3. The smallest absolute Gasteiger partial charge is 0.324 e. The number of esters is 1. The van der Waals surface area contributed by atoms with Crippen LogP contribution in [0.1, 0.15) is 83.4 Å². The minimum Gasteiger partial charge on any atom is -0.464 e. The SMILES string of the molecule is CCn1c(-c2cnccc2COC)c2c3cc(ccc31)-c1cccc(c1)C[C@H](NC(=O)C(C(C)C)N(C)C(=O)CCN=C=NC1(COC)CC1)C(=O)N1CCC[C@H](N1)C(=O)OCC(C)(C)C2. The van der Waals surface area contributed by atoms with E-state index < -0.39 is 35.4 Å². The summed E-state index contributed by atoms with van der Waals surface area (Å²) in [5.41, 5.74) is 10.5. The molecule has 3 aliphatic rings. The molecular formula is C51H66N8O7. The number of carbonyl (C=O) groups is 4. The van der Waals surface area contributed by atoms with Gasteiger partial charge in [0.25, 0.3) is 5.91 Å². The summed E-state index contributed by atoms with van der Waals surface area (Å²) in [5.74, 6) is -1.84. The maximum atomic E-state index is 14.7. The fourth-order valence-electron chi connectivity index (χ4n) is 9.41. The third kappa shape index (κ3) is 10.9. The molecule has 2 aromatic carbocycles. The third-order valence-electron chi connectivity index (χ3n) is 13.0. The molecule has 1 saturated heterocycles. The van der Waals surface area contributed by atoms with Crippen LogP contribution < -0.4 is 10.7 Å². The number of ether oxygens (including phenoxy) is 3. The van der Waals surface area contributed by atoms with Gasteiger partial charge in [0, 0.05) is 81.5 Å². The van der Waals surface area contributed by atoms with Crippen LogP contribution in [-0.2, 0) is 59.4 Å². The lowest BCUT2D eigenvalue weighted by molar-refractivity contribution is -0.155. The van der Waals surface area contributed by atoms with Crippen LogP contribution >= 0.6 is 0 Å². The summed E-state index contributed by atoms with van der Waals surface area (Å²) in [7, 11) is 4.94. The first-order valence-corrected chi connectivity index (χ1v) is 23.3. The van der Waals surface area contributed by atoms with Crippen molar-refractivity contribution in [3.05, 3.63) is 77.6 Å². The standard InChI is InChI=1S/C51H66N8O7/c1-9-58-43-16-15-36-26-38(43)39(46(58)40-28-52-21-17-37(40)29-64-7)27-50(4,5)30-66-49(63)41-14-11-23-59(56-41)48(62)42(25-34-12-10-13-35(36)24-34)55-47(61)45(33(2)3)57(6)44(60)18-22-53-32-54-51(19-20-51)31-65-8/h10,12-13,15-17,21,24,26,28,33,41-42,45,56H,9,11,14,18-20,22-23,25,27,29-31H2,1-8H3,(H,55,61)/t41-,42-,45?/m0/s1. The number of benzene rings is 2. The number of nitrogens with zero attached hydrogens (tertiary/aromatic N) is 6. The van der Waals surface area contributed by atoms with Crippen LogP contribution in [0.3, 0.4) is 0 Å². The first-order chi connectivity index (χ1) is 31.7. The molecule has 15 nitrogen and oxygen atoms in total. The predicted octanol–water partition coefficient (Wildman–Crippen LogP) is 6.41. The van der Waals surface area contributed by atoms with Crippen molar-refractivity contribution in [3.63, 3.8) is 0 Å². The van der Waals surface area contributed by atoms with Crippen LogP contribution in [-0.4, -0.2) is 120 Å². The molecule has 2 aromatic heterocycles. The number of aryl methyl sites for hydroxylation is 1. The Morgan fingerprint density at radius 2 is 1.88 bits per heavy atom. The molecule has 0 spiro atoms. The van der Waals surface area contributed by atoms with Gasteiger partial charge in [-0.1, -0.05) is 58.0 Å². The summed E-state index contributed by atoms with van der Waals surface area (Å²) in [6.45, 7) is 12.4. The van der Waals surface area contributed by atoms with Crippen LogP contribution in [0.5, 0.6) is 0 Å². The van der Waals surface area contributed by atoms with Gasteiger partial charge in [0.2, 0.25) is 11.8 Å². The highest BCUT2D eigenvalue weighted by Crippen LogP contribution is 2.41.